The second-order valence-electron chi connectivity index (χ2n) is 7.79. The van der Waals surface area contributed by atoms with Crippen LogP contribution in [0.2, 0.25) is 0 Å². The summed E-state index contributed by atoms with van der Waals surface area (Å²) in [5.41, 5.74) is 0.847. The van der Waals surface area contributed by atoms with Gasteiger partial charge in [0, 0.05) is 19.6 Å². The van der Waals surface area contributed by atoms with E-state index in [9.17, 15) is 9.59 Å². The van der Waals surface area contributed by atoms with Gasteiger partial charge in [-0.3, -0.25) is 9.59 Å². The molecule has 3 fully saturated rings. The summed E-state index contributed by atoms with van der Waals surface area (Å²) in [4.78, 5) is 27.6. The molecule has 4 rings (SSSR count). The second-order valence-corrected chi connectivity index (χ2v) is 7.79. The number of carbonyl (C=O) groups is 2. The maximum atomic E-state index is 13.0. The van der Waals surface area contributed by atoms with Crippen molar-refractivity contribution in [2.75, 3.05) is 19.6 Å². The van der Waals surface area contributed by atoms with Gasteiger partial charge in [0.2, 0.25) is 11.8 Å². The van der Waals surface area contributed by atoms with E-state index >= 15 is 0 Å². The lowest BCUT2D eigenvalue weighted by Crippen LogP contribution is -2.52. The molecule has 5 heteroatoms. The van der Waals surface area contributed by atoms with Gasteiger partial charge in [-0.2, -0.15) is 0 Å². The number of benzene rings is 1. The summed E-state index contributed by atoms with van der Waals surface area (Å²) in [7, 11) is 0. The van der Waals surface area contributed by atoms with E-state index in [4.69, 9.17) is 0 Å². The van der Waals surface area contributed by atoms with Gasteiger partial charge in [0.25, 0.3) is 0 Å². The van der Waals surface area contributed by atoms with Crippen molar-refractivity contribution in [3.05, 3.63) is 35.9 Å². The van der Waals surface area contributed by atoms with Crippen molar-refractivity contribution in [3.63, 3.8) is 0 Å². The van der Waals surface area contributed by atoms with Crippen LogP contribution in [-0.2, 0) is 16.1 Å². The molecule has 2 aliphatic heterocycles. The third-order valence-corrected chi connectivity index (χ3v) is 6.31. The van der Waals surface area contributed by atoms with E-state index in [0.717, 1.165) is 37.9 Å². The van der Waals surface area contributed by atoms with Crippen LogP contribution in [0.15, 0.2) is 30.3 Å². The Hall–Kier alpha value is -1.88. The Bertz CT molecular complexity index is 648. The van der Waals surface area contributed by atoms with Crippen molar-refractivity contribution < 1.29 is 9.59 Å². The van der Waals surface area contributed by atoms with E-state index in [1.807, 2.05) is 35.2 Å². The molecule has 2 amide bonds. The number of fused-ring (bicyclic) bond motifs is 1. The molecule has 1 aromatic carbocycles. The molecule has 1 aliphatic carbocycles. The number of likely N-dealkylation sites (tertiary alicyclic amines) is 1. The van der Waals surface area contributed by atoms with Crippen LogP contribution in [0.5, 0.6) is 0 Å². The van der Waals surface area contributed by atoms with Gasteiger partial charge < -0.3 is 15.5 Å². The smallest absolute Gasteiger partial charge is 0.245 e. The molecular weight excluding hydrogens is 314 g/mol. The summed E-state index contributed by atoms with van der Waals surface area (Å²) >= 11 is 0. The molecule has 3 atom stereocenters. The Morgan fingerprint density at radius 3 is 2.92 bits per heavy atom. The fourth-order valence-corrected chi connectivity index (χ4v) is 4.83. The Morgan fingerprint density at radius 1 is 1.24 bits per heavy atom. The molecule has 0 aromatic heterocycles. The molecule has 1 aromatic rings. The molecule has 3 aliphatic rings. The largest absolute Gasteiger partial charge is 0.344 e. The fraction of sp³-hybridized carbons (Fsp3) is 0.600. The molecule has 2 saturated heterocycles. The number of hydrogen-bond donors (Lipinski definition) is 2. The van der Waals surface area contributed by atoms with Gasteiger partial charge in [-0.15, -0.1) is 0 Å². The van der Waals surface area contributed by atoms with Crippen LogP contribution in [0.3, 0.4) is 0 Å². The van der Waals surface area contributed by atoms with Crippen molar-refractivity contribution in [1.29, 1.82) is 0 Å². The van der Waals surface area contributed by atoms with E-state index in [0.29, 0.717) is 25.4 Å². The van der Waals surface area contributed by atoms with Crippen molar-refractivity contribution >= 4 is 11.8 Å². The minimum absolute atomic E-state index is 0.0620. The minimum Gasteiger partial charge on any atom is -0.344 e. The molecule has 1 unspecified atom stereocenters. The fourth-order valence-electron chi connectivity index (χ4n) is 4.83. The van der Waals surface area contributed by atoms with Crippen LogP contribution in [-0.4, -0.2) is 42.4 Å². The van der Waals surface area contributed by atoms with E-state index < -0.39 is 0 Å². The lowest BCUT2D eigenvalue weighted by atomic mass is 9.67. The van der Waals surface area contributed by atoms with Crippen LogP contribution in [0.1, 0.15) is 37.7 Å². The highest BCUT2D eigenvalue weighted by Gasteiger charge is 2.50. The lowest BCUT2D eigenvalue weighted by Gasteiger charge is -2.37. The quantitative estimate of drug-likeness (QED) is 0.876. The first-order chi connectivity index (χ1) is 12.2. The number of hydrogen-bond acceptors (Lipinski definition) is 3. The molecule has 134 valence electrons. The average molecular weight is 341 g/mol. The summed E-state index contributed by atoms with van der Waals surface area (Å²) < 4.78 is 0. The maximum Gasteiger partial charge on any atom is 0.245 e. The van der Waals surface area contributed by atoms with Crippen LogP contribution in [0.25, 0.3) is 0 Å². The average Bonchev–Trinajstić information content (AvgIpc) is 3.22. The van der Waals surface area contributed by atoms with Crippen LogP contribution in [0.4, 0.5) is 0 Å². The summed E-state index contributed by atoms with van der Waals surface area (Å²) in [6.45, 7) is 3.04. The predicted octanol–water partition coefficient (Wildman–Crippen LogP) is 1.68. The SMILES string of the molecule is O=C1C(NC(=O)[C@@]23CCCC[C@H]2CNC3)CCN1Cc1ccccc1. The van der Waals surface area contributed by atoms with E-state index in [1.165, 1.54) is 6.42 Å². The van der Waals surface area contributed by atoms with E-state index in [2.05, 4.69) is 10.6 Å². The number of nitrogens with zero attached hydrogens (tertiary/aromatic N) is 1. The lowest BCUT2D eigenvalue weighted by molar-refractivity contribution is -0.139. The van der Waals surface area contributed by atoms with Gasteiger partial charge in [0.15, 0.2) is 0 Å². The van der Waals surface area contributed by atoms with E-state index in [-0.39, 0.29) is 23.3 Å². The van der Waals surface area contributed by atoms with Gasteiger partial charge in [0.05, 0.1) is 5.41 Å². The Morgan fingerprint density at radius 2 is 2.08 bits per heavy atom. The number of carbonyl (C=O) groups excluding carboxylic acids is 2. The molecule has 1 saturated carbocycles. The van der Waals surface area contributed by atoms with Crippen molar-refractivity contribution in [3.8, 4) is 0 Å². The standard InChI is InChI=1S/C20H27N3O2/c24-18-17(9-11-23(18)13-15-6-2-1-3-7-15)22-19(25)20-10-5-4-8-16(20)12-21-14-20/h1-3,6-7,16-17,21H,4-5,8-14H2,(H,22,25)/t16-,17?,20+/m0/s1. The first-order valence-electron chi connectivity index (χ1n) is 9.53. The predicted molar refractivity (Wildman–Crippen MR) is 95.7 cm³/mol. The van der Waals surface area contributed by atoms with Crippen molar-refractivity contribution in [2.45, 2.75) is 44.7 Å². The summed E-state index contributed by atoms with van der Waals surface area (Å²) in [6.07, 6.45) is 5.12. The highest BCUT2D eigenvalue weighted by atomic mass is 16.2. The monoisotopic (exact) mass is 341 g/mol. The zero-order valence-electron chi connectivity index (χ0n) is 14.7. The van der Waals surface area contributed by atoms with Crippen molar-refractivity contribution in [2.24, 2.45) is 11.3 Å². The van der Waals surface area contributed by atoms with Crippen molar-refractivity contribution in [1.82, 2.24) is 15.5 Å². The molecule has 2 heterocycles. The highest BCUT2D eigenvalue weighted by molar-refractivity contribution is 5.91. The number of rotatable bonds is 4. The number of nitrogens with one attached hydrogen (secondary N) is 2. The molecule has 25 heavy (non-hydrogen) atoms. The van der Waals surface area contributed by atoms with Gasteiger partial charge in [-0.1, -0.05) is 43.2 Å². The van der Waals surface area contributed by atoms with Crippen LogP contribution in [0, 0.1) is 11.3 Å². The Labute approximate surface area is 149 Å². The number of amides is 2. The van der Waals surface area contributed by atoms with Gasteiger partial charge in [-0.05, 0) is 37.3 Å². The first-order valence-corrected chi connectivity index (χ1v) is 9.53. The summed E-state index contributed by atoms with van der Waals surface area (Å²) in [5.74, 6) is 0.590. The molecule has 0 bridgehead atoms. The Balaban J connectivity index is 1.40. The third kappa shape index (κ3) is 3.06. The third-order valence-electron chi connectivity index (χ3n) is 6.31. The molecule has 5 nitrogen and oxygen atoms in total. The zero-order chi connectivity index (χ0) is 17.3. The topological polar surface area (TPSA) is 61.4 Å². The molecule has 2 N–H and O–H groups in total. The molecule has 0 radical (unpaired) electrons. The molecular formula is C20H27N3O2. The van der Waals surface area contributed by atoms with Gasteiger partial charge >= 0.3 is 0 Å². The van der Waals surface area contributed by atoms with Gasteiger partial charge in [0.1, 0.15) is 6.04 Å². The molecule has 0 spiro atoms. The van der Waals surface area contributed by atoms with Crippen LogP contribution < -0.4 is 10.6 Å². The first kappa shape index (κ1) is 16.6. The Kier molecular flexibility index (Phi) is 4.50. The summed E-state index contributed by atoms with van der Waals surface area (Å²) in [6, 6.07) is 9.68. The van der Waals surface area contributed by atoms with E-state index in [1.54, 1.807) is 0 Å². The maximum absolute atomic E-state index is 13.0. The highest BCUT2D eigenvalue weighted by Crippen LogP contribution is 2.44. The second kappa shape index (κ2) is 6.79. The summed E-state index contributed by atoms with van der Waals surface area (Å²) in [5, 5.41) is 6.51. The normalized spacial score (nSPS) is 31.8. The minimum atomic E-state index is -0.353. The van der Waals surface area contributed by atoms with Crippen LogP contribution >= 0.6 is 0 Å². The van der Waals surface area contributed by atoms with Gasteiger partial charge in [-0.25, -0.2) is 0 Å². The zero-order valence-corrected chi connectivity index (χ0v) is 14.7.